The molecular weight excluding hydrogens is 382 g/mol. The maximum atomic E-state index is 12.5. The number of carbonyl (C=O) groups excluding carboxylic acids is 1. The highest BCUT2D eigenvalue weighted by Gasteiger charge is 2.18. The highest BCUT2D eigenvalue weighted by molar-refractivity contribution is 5.97. The molecule has 4 aromatic rings. The number of aromatic nitrogens is 1. The first-order chi connectivity index (χ1) is 11.7. The van der Waals surface area contributed by atoms with Crippen LogP contribution in [-0.2, 0) is 6.54 Å². The van der Waals surface area contributed by atoms with Gasteiger partial charge in [-0.1, -0.05) is 36.4 Å². The number of benzene rings is 2. The van der Waals surface area contributed by atoms with Gasteiger partial charge < -0.3 is 21.4 Å². The Morgan fingerprint density at radius 2 is 1.60 bits per heavy atom. The van der Waals surface area contributed by atoms with Crippen molar-refractivity contribution in [2.24, 2.45) is 0 Å². The van der Waals surface area contributed by atoms with Crippen molar-refractivity contribution in [3.8, 4) is 0 Å². The number of para-hydroxylation sites is 1. The minimum atomic E-state index is -0.597. The van der Waals surface area contributed by atoms with Crippen LogP contribution in [-0.4, -0.2) is 5.78 Å². The first-order valence-electron chi connectivity index (χ1n) is 7.65. The summed E-state index contributed by atoms with van der Waals surface area (Å²) in [7, 11) is 0. The van der Waals surface area contributed by atoms with Crippen molar-refractivity contribution < 1.29 is 30.8 Å². The topological polar surface area (TPSA) is 51.2 Å². The number of pyridine rings is 1. The second kappa shape index (κ2) is 6.99. The van der Waals surface area contributed by atoms with E-state index in [1.165, 1.54) is 0 Å². The average Bonchev–Trinajstić information content (AvgIpc) is 2.61. The van der Waals surface area contributed by atoms with Crippen molar-refractivity contribution >= 4 is 27.5 Å². The first kappa shape index (κ1) is 17.0. The van der Waals surface area contributed by atoms with Gasteiger partial charge in [-0.25, -0.2) is 4.79 Å². The molecule has 0 aliphatic carbocycles. The van der Waals surface area contributed by atoms with Crippen LogP contribution in [0.5, 0.6) is 0 Å². The summed E-state index contributed by atoms with van der Waals surface area (Å²) in [5, 5.41) is 2.88. The third-order valence-corrected chi connectivity index (χ3v) is 4.01. The monoisotopic (exact) mass is 395 g/mol. The van der Waals surface area contributed by atoms with Crippen LogP contribution in [0.4, 0.5) is 0 Å². The van der Waals surface area contributed by atoms with Crippen molar-refractivity contribution in [2.75, 3.05) is 0 Å². The van der Waals surface area contributed by atoms with Gasteiger partial charge in [0.1, 0.15) is 11.1 Å². The maximum absolute atomic E-state index is 12.5. The molecule has 0 fully saturated rings. The van der Waals surface area contributed by atoms with Gasteiger partial charge in [0, 0.05) is 16.8 Å². The lowest BCUT2D eigenvalue weighted by atomic mass is 10.1. The van der Waals surface area contributed by atoms with Crippen molar-refractivity contribution in [1.82, 2.24) is 0 Å². The molecular formula is C20H14BrNO3. The molecule has 0 aliphatic rings. The quantitative estimate of drug-likeness (QED) is 0.281. The Balaban J connectivity index is 0.00000182. The maximum Gasteiger partial charge on any atom is 0.347 e. The molecule has 4 rings (SSSR count). The molecule has 0 saturated heterocycles. The predicted molar refractivity (Wildman–Crippen MR) is 91.0 cm³/mol. The zero-order valence-electron chi connectivity index (χ0n) is 13.2. The fourth-order valence-electron chi connectivity index (χ4n) is 2.78. The Morgan fingerprint density at radius 3 is 2.40 bits per heavy atom. The Morgan fingerprint density at radius 1 is 0.920 bits per heavy atom. The van der Waals surface area contributed by atoms with Crippen LogP contribution in [0.1, 0.15) is 10.4 Å². The number of carbonyl (C=O) groups is 1. The number of rotatable bonds is 3. The molecule has 2 aromatic heterocycles. The summed E-state index contributed by atoms with van der Waals surface area (Å²) >= 11 is 0. The molecule has 0 N–H and O–H groups in total. The van der Waals surface area contributed by atoms with E-state index in [2.05, 4.69) is 0 Å². The SMILES string of the molecule is O=C(C[n+]1ccc2ccccc2c1)c1cc2ccccc2oc1=O.[Br-]. The lowest BCUT2D eigenvalue weighted by molar-refractivity contribution is -0.681. The molecule has 2 heterocycles. The van der Waals surface area contributed by atoms with E-state index in [9.17, 15) is 9.59 Å². The van der Waals surface area contributed by atoms with E-state index < -0.39 is 5.63 Å². The van der Waals surface area contributed by atoms with Crippen LogP contribution in [0, 0.1) is 0 Å². The van der Waals surface area contributed by atoms with Crippen LogP contribution in [0.3, 0.4) is 0 Å². The smallest absolute Gasteiger partial charge is 0.347 e. The number of hydrogen-bond acceptors (Lipinski definition) is 3. The van der Waals surface area contributed by atoms with Crippen molar-refractivity contribution in [3.05, 3.63) is 89.0 Å². The lowest BCUT2D eigenvalue weighted by Crippen LogP contribution is -3.00. The first-order valence-corrected chi connectivity index (χ1v) is 7.65. The van der Waals surface area contributed by atoms with Crippen LogP contribution < -0.4 is 27.2 Å². The van der Waals surface area contributed by atoms with E-state index in [0.717, 1.165) is 16.2 Å². The van der Waals surface area contributed by atoms with Crippen molar-refractivity contribution in [3.63, 3.8) is 0 Å². The summed E-state index contributed by atoms with van der Waals surface area (Å²) < 4.78 is 7.01. The molecule has 0 spiro atoms. The van der Waals surface area contributed by atoms with Crippen LogP contribution in [0.2, 0.25) is 0 Å². The average molecular weight is 396 g/mol. The number of ketones is 1. The summed E-state index contributed by atoms with van der Waals surface area (Å²) in [6.45, 7) is 0.0912. The Bertz CT molecular complexity index is 1130. The van der Waals surface area contributed by atoms with Gasteiger partial charge in [0.05, 0.1) is 0 Å². The molecule has 0 radical (unpaired) electrons. The fraction of sp³-hybridized carbons (Fsp3) is 0.0500. The predicted octanol–water partition coefficient (Wildman–Crippen LogP) is 0.121. The van der Waals surface area contributed by atoms with Crippen molar-refractivity contribution in [1.29, 1.82) is 0 Å². The van der Waals surface area contributed by atoms with Gasteiger partial charge >= 0.3 is 5.63 Å². The molecule has 0 aliphatic heterocycles. The van der Waals surface area contributed by atoms with Crippen LogP contribution in [0.15, 0.2) is 82.3 Å². The van der Waals surface area contributed by atoms with Gasteiger partial charge in [0.15, 0.2) is 12.4 Å². The number of halogens is 1. The van der Waals surface area contributed by atoms with E-state index in [1.807, 2.05) is 54.9 Å². The molecule has 124 valence electrons. The van der Waals surface area contributed by atoms with Gasteiger partial charge in [-0.2, -0.15) is 4.57 Å². The second-order valence-corrected chi connectivity index (χ2v) is 5.65. The summed E-state index contributed by atoms with van der Waals surface area (Å²) in [5.74, 6) is -0.269. The van der Waals surface area contributed by atoms with E-state index in [-0.39, 0.29) is 34.9 Å². The Hall–Kier alpha value is -2.79. The molecule has 2 aromatic carbocycles. The summed E-state index contributed by atoms with van der Waals surface area (Å²) in [6, 6.07) is 18.6. The van der Waals surface area contributed by atoms with Crippen LogP contribution in [0.25, 0.3) is 21.7 Å². The largest absolute Gasteiger partial charge is 1.00 e. The highest BCUT2D eigenvalue weighted by atomic mass is 79.9. The van der Waals surface area contributed by atoms with E-state index in [4.69, 9.17) is 4.42 Å². The number of hydrogen-bond donors (Lipinski definition) is 0. The van der Waals surface area contributed by atoms with E-state index >= 15 is 0 Å². The van der Waals surface area contributed by atoms with Crippen LogP contribution >= 0.6 is 0 Å². The zero-order valence-corrected chi connectivity index (χ0v) is 14.8. The molecule has 0 bridgehead atoms. The second-order valence-electron chi connectivity index (χ2n) is 5.65. The van der Waals surface area contributed by atoms with Gasteiger partial charge in [-0.3, -0.25) is 4.79 Å². The number of Topliss-reactive ketones (excluding diaryl/α,β-unsaturated/α-hetero) is 1. The van der Waals surface area contributed by atoms with Gasteiger partial charge in [-0.15, -0.1) is 0 Å². The highest BCUT2D eigenvalue weighted by Crippen LogP contribution is 2.13. The van der Waals surface area contributed by atoms with Gasteiger partial charge in [0.25, 0.3) is 0 Å². The fourth-order valence-corrected chi connectivity index (χ4v) is 2.78. The normalized spacial score (nSPS) is 10.6. The Labute approximate surface area is 154 Å². The lowest BCUT2D eigenvalue weighted by Gasteiger charge is -2.01. The van der Waals surface area contributed by atoms with Crippen molar-refractivity contribution in [2.45, 2.75) is 6.54 Å². The van der Waals surface area contributed by atoms with Gasteiger partial charge in [0.2, 0.25) is 12.3 Å². The molecule has 4 nitrogen and oxygen atoms in total. The minimum absolute atomic E-state index is 0. The van der Waals surface area contributed by atoms with E-state index in [1.54, 1.807) is 22.8 Å². The zero-order chi connectivity index (χ0) is 16.5. The van der Waals surface area contributed by atoms with Gasteiger partial charge in [-0.05, 0) is 23.6 Å². The molecule has 5 heteroatoms. The summed E-state index contributed by atoms with van der Waals surface area (Å²) in [5.41, 5.74) is -0.0353. The molecule has 25 heavy (non-hydrogen) atoms. The third-order valence-electron chi connectivity index (χ3n) is 4.01. The standard InChI is InChI=1S/C20H14NO3.BrH/c22-18(13-21-10-9-14-5-1-2-7-16(14)12-21)17-11-15-6-3-4-8-19(15)24-20(17)23;/h1-12H,13H2;1H/q+1;/p-1. The summed E-state index contributed by atoms with van der Waals surface area (Å²) in [4.78, 5) is 24.6. The minimum Gasteiger partial charge on any atom is -1.00 e. The Kier molecular flexibility index (Phi) is 4.76. The molecule has 0 amide bonds. The molecule has 0 atom stereocenters. The van der Waals surface area contributed by atoms with E-state index in [0.29, 0.717) is 5.58 Å². The third kappa shape index (κ3) is 3.37. The summed E-state index contributed by atoms with van der Waals surface area (Å²) in [6.07, 6.45) is 3.73. The molecule has 0 unspecified atom stereocenters. The number of fused-ring (bicyclic) bond motifs is 2. The molecule has 0 saturated carbocycles. The number of nitrogens with zero attached hydrogens (tertiary/aromatic N) is 1.